The van der Waals surface area contributed by atoms with Crippen molar-refractivity contribution in [3.05, 3.63) is 51.8 Å². The van der Waals surface area contributed by atoms with Crippen molar-refractivity contribution >= 4 is 34.8 Å². The van der Waals surface area contributed by atoms with Gasteiger partial charge in [-0.25, -0.2) is 4.98 Å². The van der Waals surface area contributed by atoms with E-state index in [4.69, 9.17) is 23.2 Å². The molecule has 2 N–H and O–H groups in total. The molecule has 0 radical (unpaired) electrons. The van der Waals surface area contributed by atoms with Crippen molar-refractivity contribution in [3.63, 3.8) is 0 Å². The molecule has 0 aliphatic rings. The number of nitrogens with one attached hydrogen (secondary N) is 1. The summed E-state index contributed by atoms with van der Waals surface area (Å²) in [5.74, 6) is -0.247. The van der Waals surface area contributed by atoms with Crippen molar-refractivity contribution < 1.29 is 9.90 Å². The van der Waals surface area contributed by atoms with Gasteiger partial charge in [0, 0.05) is 11.9 Å². The molecule has 19 heavy (non-hydrogen) atoms. The minimum Gasteiger partial charge on any atom is -0.508 e. The summed E-state index contributed by atoms with van der Waals surface area (Å²) in [5, 5.41) is 12.4. The zero-order chi connectivity index (χ0) is 14.0. The number of nitrogens with zero attached hydrogens (tertiary/aromatic N) is 1. The highest BCUT2D eigenvalue weighted by Crippen LogP contribution is 2.23. The Morgan fingerprint density at radius 3 is 2.74 bits per heavy atom. The lowest BCUT2D eigenvalue weighted by Gasteiger charge is -2.09. The van der Waals surface area contributed by atoms with Crippen molar-refractivity contribution in [2.75, 3.05) is 5.32 Å². The van der Waals surface area contributed by atoms with Crippen LogP contribution in [0.2, 0.25) is 10.2 Å². The van der Waals surface area contributed by atoms with Crippen LogP contribution in [0.3, 0.4) is 0 Å². The Bertz CT molecular complexity index is 645. The van der Waals surface area contributed by atoms with Gasteiger partial charge >= 0.3 is 0 Å². The van der Waals surface area contributed by atoms with Crippen LogP contribution in [0.1, 0.15) is 15.9 Å². The summed E-state index contributed by atoms with van der Waals surface area (Å²) >= 11 is 11.6. The number of aromatic nitrogens is 1. The highest BCUT2D eigenvalue weighted by atomic mass is 35.5. The Balaban J connectivity index is 2.28. The molecule has 1 aromatic heterocycles. The van der Waals surface area contributed by atoms with Crippen LogP contribution in [-0.2, 0) is 0 Å². The molecule has 98 valence electrons. The predicted octanol–water partition coefficient (Wildman–Crippen LogP) is 3.65. The van der Waals surface area contributed by atoms with E-state index in [2.05, 4.69) is 10.3 Å². The standard InChI is InChI=1S/C13H10Cl2N2O2/c1-7-4-8(18)2-3-11(7)17-13(19)9-5-12(15)16-6-10(9)14/h2-6,18H,1H3,(H,17,19). The second-order valence-electron chi connectivity index (χ2n) is 3.94. The van der Waals surface area contributed by atoms with Gasteiger partial charge in [0.15, 0.2) is 0 Å². The lowest BCUT2D eigenvalue weighted by atomic mass is 10.1. The fraction of sp³-hybridized carbons (Fsp3) is 0.0769. The molecule has 1 amide bonds. The van der Waals surface area contributed by atoms with Crippen molar-refractivity contribution in [1.82, 2.24) is 4.98 Å². The maximum atomic E-state index is 12.1. The summed E-state index contributed by atoms with van der Waals surface area (Å²) in [7, 11) is 0. The number of hydrogen-bond donors (Lipinski definition) is 2. The molecule has 2 rings (SSSR count). The Morgan fingerprint density at radius 1 is 1.32 bits per heavy atom. The second kappa shape index (κ2) is 5.47. The number of pyridine rings is 1. The molecule has 4 nitrogen and oxygen atoms in total. The van der Waals surface area contributed by atoms with Crippen LogP contribution >= 0.6 is 23.2 Å². The van der Waals surface area contributed by atoms with Crippen molar-refractivity contribution in [2.24, 2.45) is 0 Å². The molecular formula is C13H10Cl2N2O2. The highest BCUT2D eigenvalue weighted by molar-refractivity contribution is 6.35. The number of hydrogen-bond acceptors (Lipinski definition) is 3. The van der Waals surface area contributed by atoms with Gasteiger partial charge in [-0.05, 0) is 36.8 Å². The van der Waals surface area contributed by atoms with E-state index in [9.17, 15) is 9.90 Å². The molecule has 0 saturated heterocycles. The molecule has 0 fully saturated rings. The van der Waals surface area contributed by atoms with Crippen LogP contribution in [0.4, 0.5) is 5.69 Å². The number of aromatic hydroxyl groups is 1. The fourth-order valence-corrected chi connectivity index (χ4v) is 1.91. The number of carbonyl (C=O) groups excluding carboxylic acids is 1. The maximum absolute atomic E-state index is 12.1. The smallest absolute Gasteiger partial charge is 0.257 e. The molecule has 0 spiro atoms. The number of halogens is 2. The average molecular weight is 297 g/mol. The van der Waals surface area contributed by atoms with Gasteiger partial charge in [-0.3, -0.25) is 4.79 Å². The number of rotatable bonds is 2. The summed E-state index contributed by atoms with van der Waals surface area (Å²) < 4.78 is 0. The molecule has 0 saturated carbocycles. The van der Waals surface area contributed by atoms with Crippen molar-refractivity contribution in [2.45, 2.75) is 6.92 Å². The van der Waals surface area contributed by atoms with E-state index >= 15 is 0 Å². The molecule has 0 atom stereocenters. The molecule has 2 aromatic rings. The predicted molar refractivity (Wildman–Crippen MR) is 75.1 cm³/mol. The number of carbonyl (C=O) groups is 1. The third-order valence-corrected chi connectivity index (χ3v) is 3.03. The van der Waals surface area contributed by atoms with Crippen LogP contribution < -0.4 is 5.32 Å². The molecule has 6 heteroatoms. The van der Waals surface area contributed by atoms with Gasteiger partial charge in [-0.15, -0.1) is 0 Å². The van der Waals surface area contributed by atoms with Gasteiger partial charge in [0.2, 0.25) is 0 Å². The summed E-state index contributed by atoms with van der Waals surface area (Å²) in [6, 6.07) is 6.05. The van der Waals surface area contributed by atoms with Crippen LogP contribution in [0, 0.1) is 6.92 Å². The van der Waals surface area contributed by atoms with Gasteiger partial charge in [-0.1, -0.05) is 23.2 Å². The Labute approximate surface area is 120 Å². The number of amides is 1. The normalized spacial score (nSPS) is 10.3. The van der Waals surface area contributed by atoms with E-state index in [-0.39, 0.29) is 27.4 Å². The summed E-state index contributed by atoms with van der Waals surface area (Å²) in [6.07, 6.45) is 1.32. The maximum Gasteiger partial charge on any atom is 0.257 e. The zero-order valence-electron chi connectivity index (χ0n) is 9.95. The third kappa shape index (κ3) is 3.16. The summed E-state index contributed by atoms with van der Waals surface area (Å²) in [5.41, 5.74) is 1.57. The highest BCUT2D eigenvalue weighted by Gasteiger charge is 2.13. The number of phenolic OH excluding ortho intramolecular Hbond substituents is 1. The third-order valence-electron chi connectivity index (χ3n) is 2.52. The monoisotopic (exact) mass is 296 g/mol. The van der Waals surface area contributed by atoms with E-state index in [1.54, 1.807) is 19.1 Å². The van der Waals surface area contributed by atoms with E-state index < -0.39 is 0 Å². The first-order valence-electron chi connectivity index (χ1n) is 5.39. The lowest BCUT2D eigenvalue weighted by molar-refractivity contribution is 0.102. The van der Waals surface area contributed by atoms with E-state index in [1.807, 2.05) is 0 Å². The number of anilines is 1. The molecule has 1 heterocycles. The quantitative estimate of drug-likeness (QED) is 0.657. The molecule has 1 aromatic carbocycles. The second-order valence-corrected chi connectivity index (χ2v) is 4.73. The van der Waals surface area contributed by atoms with Gasteiger partial charge < -0.3 is 10.4 Å². The number of benzene rings is 1. The topological polar surface area (TPSA) is 62.2 Å². The Kier molecular flexibility index (Phi) is 3.93. The SMILES string of the molecule is Cc1cc(O)ccc1NC(=O)c1cc(Cl)ncc1Cl. The molecule has 0 aliphatic heterocycles. The first-order valence-corrected chi connectivity index (χ1v) is 6.15. The van der Waals surface area contributed by atoms with Crippen LogP contribution in [0.5, 0.6) is 5.75 Å². The summed E-state index contributed by atoms with van der Waals surface area (Å²) in [6.45, 7) is 1.77. The Hall–Kier alpha value is -1.78. The van der Waals surface area contributed by atoms with Crippen LogP contribution in [0.25, 0.3) is 0 Å². The molecule has 0 unspecified atom stereocenters. The van der Waals surface area contributed by atoms with Crippen molar-refractivity contribution in [3.8, 4) is 5.75 Å². The first-order chi connectivity index (χ1) is 8.97. The molecule has 0 aliphatic carbocycles. The van der Waals surface area contributed by atoms with Gasteiger partial charge in [-0.2, -0.15) is 0 Å². The van der Waals surface area contributed by atoms with E-state index in [0.29, 0.717) is 5.69 Å². The first kappa shape index (κ1) is 13.6. The Morgan fingerprint density at radius 2 is 2.05 bits per heavy atom. The average Bonchev–Trinajstić information content (AvgIpc) is 2.35. The van der Waals surface area contributed by atoms with Crippen LogP contribution in [-0.4, -0.2) is 16.0 Å². The largest absolute Gasteiger partial charge is 0.508 e. The van der Waals surface area contributed by atoms with Gasteiger partial charge in [0.1, 0.15) is 10.9 Å². The van der Waals surface area contributed by atoms with E-state index in [1.165, 1.54) is 18.3 Å². The minimum atomic E-state index is -0.386. The zero-order valence-corrected chi connectivity index (χ0v) is 11.5. The fourth-order valence-electron chi connectivity index (χ4n) is 1.56. The van der Waals surface area contributed by atoms with Gasteiger partial charge in [0.05, 0.1) is 10.6 Å². The lowest BCUT2D eigenvalue weighted by Crippen LogP contribution is -2.13. The number of aryl methyl sites for hydroxylation is 1. The van der Waals surface area contributed by atoms with E-state index in [0.717, 1.165) is 5.56 Å². The van der Waals surface area contributed by atoms with Crippen molar-refractivity contribution in [1.29, 1.82) is 0 Å². The number of phenols is 1. The molecular weight excluding hydrogens is 287 g/mol. The molecule has 0 bridgehead atoms. The summed E-state index contributed by atoms with van der Waals surface area (Å²) in [4.78, 5) is 15.9. The minimum absolute atomic E-state index is 0.139. The van der Waals surface area contributed by atoms with Crippen LogP contribution in [0.15, 0.2) is 30.5 Å². The van der Waals surface area contributed by atoms with Gasteiger partial charge in [0.25, 0.3) is 5.91 Å².